The highest BCUT2D eigenvalue weighted by atomic mass is 35.5. The fourth-order valence-electron chi connectivity index (χ4n) is 2.12. The SMILES string of the molecule is Nc1cc2c(Nc3ccc(F)c(Cl)c3)ncnc2cc1OC(F)(F)F. The number of rotatable bonds is 3. The fraction of sp³-hybridized carbons (Fsp3) is 0.0667. The summed E-state index contributed by atoms with van der Waals surface area (Å²) in [6.07, 6.45) is -3.72. The first-order chi connectivity index (χ1) is 11.7. The molecule has 2 aromatic carbocycles. The van der Waals surface area contributed by atoms with Crippen LogP contribution in [0.25, 0.3) is 10.9 Å². The Labute approximate surface area is 143 Å². The average Bonchev–Trinajstić information content (AvgIpc) is 2.51. The van der Waals surface area contributed by atoms with Gasteiger partial charge in [0.1, 0.15) is 18.0 Å². The van der Waals surface area contributed by atoms with Gasteiger partial charge >= 0.3 is 6.36 Å². The second-order valence-corrected chi connectivity index (χ2v) is 5.34. The van der Waals surface area contributed by atoms with E-state index in [0.29, 0.717) is 11.1 Å². The summed E-state index contributed by atoms with van der Waals surface area (Å²) in [5.74, 6) is -0.884. The van der Waals surface area contributed by atoms with E-state index in [9.17, 15) is 17.6 Å². The Morgan fingerprint density at radius 3 is 2.56 bits per heavy atom. The second-order valence-electron chi connectivity index (χ2n) is 4.93. The van der Waals surface area contributed by atoms with E-state index in [2.05, 4.69) is 20.0 Å². The molecule has 0 fully saturated rings. The van der Waals surface area contributed by atoms with Crippen molar-refractivity contribution in [2.45, 2.75) is 6.36 Å². The number of aromatic nitrogens is 2. The number of anilines is 3. The van der Waals surface area contributed by atoms with Gasteiger partial charge in [-0.05, 0) is 24.3 Å². The molecule has 0 atom stereocenters. The van der Waals surface area contributed by atoms with Crippen molar-refractivity contribution in [1.82, 2.24) is 9.97 Å². The molecule has 0 spiro atoms. The first kappa shape index (κ1) is 17.0. The zero-order valence-electron chi connectivity index (χ0n) is 12.2. The largest absolute Gasteiger partial charge is 0.573 e. The van der Waals surface area contributed by atoms with Crippen molar-refractivity contribution in [3.8, 4) is 5.75 Å². The third-order valence-electron chi connectivity index (χ3n) is 3.17. The number of nitrogen functional groups attached to an aromatic ring is 1. The molecule has 0 aliphatic rings. The third kappa shape index (κ3) is 3.82. The Morgan fingerprint density at radius 1 is 1.12 bits per heavy atom. The number of nitrogens with two attached hydrogens (primary N) is 1. The molecule has 130 valence electrons. The number of hydrogen-bond acceptors (Lipinski definition) is 5. The number of ether oxygens (including phenoxy) is 1. The number of halogens is 5. The van der Waals surface area contributed by atoms with E-state index in [1.54, 1.807) is 0 Å². The van der Waals surface area contributed by atoms with Gasteiger partial charge < -0.3 is 15.8 Å². The molecule has 25 heavy (non-hydrogen) atoms. The standard InChI is InChI=1S/C15H9ClF4N4O/c16-9-3-7(1-2-10(9)17)24-14-8-4-11(21)13(25-15(18,19)20)5-12(8)22-6-23-14/h1-6H,21H2,(H,22,23,24). The van der Waals surface area contributed by atoms with E-state index < -0.39 is 17.9 Å². The van der Waals surface area contributed by atoms with Crippen molar-refractivity contribution in [1.29, 1.82) is 0 Å². The lowest BCUT2D eigenvalue weighted by atomic mass is 10.2. The third-order valence-corrected chi connectivity index (χ3v) is 3.46. The van der Waals surface area contributed by atoms with Crippen molar-refractivity contribution >= 4 is 39.7 Å². The van der Waals surface area contributed by atoms with Gasteiger partial charge in [-0.3, -0.25) is 0 Å². The highest BCUT2D eigenvalue weighted by Gasteiger charge is 2.32. The van der Waals surface area contributed by atoms with E-state index in [0.717, 1.165) is 18.5 Å². The number of fused-ring (bicyclic) bond motifs is 1. The maximum Gasteiger partial charge on any atom is 0.573 e. The van der Waals surface area contributed by atoms with Gasteiger partial charge in [0, 0.05) is 17.1 Å². The molecule has 0 saturated carbocycles. The van der Waals surface area contributed by atoms with Crippen LogP contribution in [0.1, 0.15) is 0 Å². The second kappa shape index (κ2) is 6.25. The monoisotopic (exact) mass is 372 g/mol. The number of hydrogen-bond donors (Lipinski definition) is 2. The molecule has 0 radical (unpaired) electrons. The van der Waals surface area contributed by atoms with E-state index in [1.165, 1.54) is 18.2 Å². The zero-order valence-corrected chi connectivity index (χ0v) is 13.0. The van der Waals surface area contributed by atoms with Gasteiger partial charge in [-0.15, -0.1) is 13.2 Å². The Balaban J connectivity index is 2.02. The number of nitrogens with zero attached hydrogens (tertiary/aromatic N) is 2. The minimum atomic E-state index is -4.87. The molecule has 5 nitrogen and oxygen atoms in total. The summed E-state index contributed by atoms with van der Waals surface area (Å²) < 4.78 is 54.3. The predicted molar refractivity (Wildman–Crippen MR) is 85.3 cm³/mol. The van der Waals surface area contributed by atoms with Gasteiger partial charge in [0.25, 0.3) is 0 Å². The molecule has 3 rings (SSSR count). The Kier molecular flexibility index (Phi) is 4.25. The van der Waals surface area contributed by atoms with Crippen LogP contribution in [0.5, 0.6) is 5.75 Å². The topological polar surface area (TPSA) is 73.1 Å². The Hall–Kier alpha value is -2.81. The summed E-state index contributed by atoms with van der Waals surface area (Å²) in [4.78, 5) is 7.93. The molecule has 1 heterocycles. The highest BCUT2D eigenvalue weighted by molar-refractivity contribution is 6.31. The quantitative estimate of drug-likeness (QED) is 0.517. The van der Waals surface area contributed by atoms with Gasteiger partial charge in [-0.25, -0.2) is 14.4 Å². The fourth-order valence-corrected chi connectivity index (χ4v) is 2.30. The molecule has 0 saturated heterocycles. The lowest BCUT2D eigenvalue weighted by molar-refractivity contribution is -0.274. The minimum absolute atomic E-state index is 0.0938. The van der Waals surface area contributed by atoms with Crippen LogP contribution in [0.3, 0.4) is 0 Å². The summed E-state index contributed by atoms with van der Waals surface area (Å²) >= 11 is 5.71. The maximum atomic E-state index is 13.2. The van der Waals surface area contributed by atoms with Crippen molar-refractivity contribution in [2.24, 2.45) is 0 Å². The van der Waals surface area contributed by atoms with Gasteiger partial charge in [0.2, 0.25) is 0 Å². The van der Waals surface area contributed by atoms with Crippen molar-refractivity contribution in [2.75, 3.05) is 11.1 Å². The lowest BCUT2D eigenvalue weighted by Crippen LogP contribution is -2.18. The van der Waals surface area contributed by atoms with Crippen LogP contribution in [-0.4, -0.2) is 16.3 Å². The molecule has 0 bridgehead atoms. The normalized spacial score (nSPS) is 11.6. The molecule has 3 aromatic rings. The number of benzene rings is 2. The summed E-state index contributed by atoms with van der Waals surface area (Å²) in [7, 11) is 0. The van der Waals surface area contributed by atoms with Crippen LogP contribution >= 0.6 is 11.6 Å². The number of nitrogens with one attached hydrogen (secondary N) is 1. The summed E-state index contributed by atoms with van der Waals surface area (Å²) in [6, 6.07) is 6.25. The maximum absolute atomic E-state index is 13.2. The van der Waals surface area contributed by atoms with Crippen LogP contribution in [-0.2, 0) is 0 Å². The Bertz CT molecular complexity index is 949. The molecule has 0 aliphatic carbocycles. The van der Waals surface area contributed by atoms with Crippen molar-refractivity contribution in [3.63, 3.8) is 0 Å². The predicted octanol–water partition coefficient (Wildman–Crippen LogP) is 4.65. The molecule has 10 heteroatoms. The smallest absolute Gasteiger partial charge is 0.404 e. The Morgan fingerprint density at radius 2 is 1.88 bits per heavy atom. The molecular formula is C15H9ClF4N4O. The van der Waals surface area contributed by atoms with E-state index in [1.807, 2.05) is 0 Å². The van der Waals surface area contributed by atoms with Gasteiger partial charge in [0.15, 0.2) is 5.75 Å². The van der Waals surface area contributed by atoms with E-state index in [-0.39, 0.29) is 22.0 Å². The first-order valence-corrected chi connectivity index (χ1v) is 7.13. The number of alkyl halides is 3. The average molecular weight is 373 g/mol. The highest BCUT2D eigenvalue weighted by Crippen LogP contribution is 2.34. The van der Waals surface area contributed by atoms with Crippen LogP contribution in [0.15, 0.2) is 36.7 Å². The van der Waals surface area contributed by atoms with E-state index >= 15 is 0 Å². The minimum Gasteiger partial charge on any atom is -0.404 e. The van der Waals surface area contributed by atoms with Crippen LogP contribution < -0.4 is 15.8 Å². The van der Waals surface area contributed by atoms with Gasteiger partial charge in [-0.2, -0.15) is 0 Å². The summed E-state index contributed by atoms with van der Waals surface area (Å²) in [6.45, 7) is 0. The van der Waals surface area contributed by atoms with Crippen LogP contribution in [0.2, 0.25) is 5.02 Å². The molecule has 0 unspecified atom stereocenters. The lowest BCUT2D eigenvalue weighted by Gasteiger charge is -2.13. The first-order valence-electron chi connectivity index (χ1n) is 6.75. The zero-order chi connectivity index (χ0) is 18.2. The van der Waals surface area contributed by atoms with Crippen molar-refractivity contribution < 1.29 is 22.3 Å². The van der Waals surface area contributed by atoms with Crippen LogP contribution in [0, 0.1) is 5.82 Å². The van der Waals surface area contributed by atoms with E-state index in [4.69, 9.17) is 17.3 Å². The molecule has 3 N–H and O–H groups in total. The molecule has 0 aliphatic heterocycles. The van der Waals surface area contributed by atoms with Gasteiger partial charge in [-0.1, -0.05) is 11.6 Å². The summed E-state index contributed by atoms with van der Waals surface area (Å²) in [5, 5.41) is 3.15. The molecular weight excluding hydrogens is 364 g/mol. The van der Waals surface area contributed by atoms with Crippen molar-refractivity contribution in [3.05, 3.63) is 47.5 Å². The summed E-state index contributed by atoms with van der Waals surface area (Å²) in [5.41, 5.74) is 6.00. The van der Waals surface area contributed by atoms with Gasteiger partial charge in [0.05, 0.1) is 16.2 Å². The molecule has 0 amide bonds. The molecule has 1 aromatic heterocycles. The van der Waals surface area contributed by atoms with Crippen LogP contribution in [0.4, 0.5) is 34.8 Å².